The Morgan fingerprint density at radius 1 is 1.20 bits per heavy atom. The Bertz CT molecular complexity index is 812. The molecule has 1 amide bonds. The van der Waals surface area contributed by atoms with Crippen LogP contribution in [0.2, 0.25) is 0 Å². The summed E-state index contributed by atoms with van der Waals surface area (Å²) in [5, 5.41) is 6.69. The monoisotopic (exact) mass is 361 g/mol. The number of ketones is 1. The predicted molar refractivity (Wildman–Crippen MR) is 94.8 cm³/mol. The molecule has 0 unspecified atom stereocenters. The average Bonchev–Trinajstić information content (AvgIpc) is 2.85. The van der Waals surface area contributed by atoms with Gasteiger partial charge in [-0.1, -0.05) is 0 Å². The third kappa shape index (κ3) is 4.48. The lowest BCUT2D eigenvalue weighted by Gasteiger charge is -2.07. The molecule has 1 heterocycles. The number of hydrogen-bond donors (Lipinski definition) is 1. The molecule has 2 aromatic rings. The molecule has 0 atom stereocenters. The van der Waals surface area contributed by atoms with Gasteiger partial charge in [0.05, 0.1) is 11.3 Å². The van der Waals surface area contributed by atoms with Crippen LogP contribution in [-0.2, 0) is 21.4 Å². The number of rotatable bonds is 6. The number of carbonyl (C=O) groups excluding carboxylic acids is 3. The molecule has 8 heteroatoms. The van der Waals surface area contributed by atoms with Gasteiger partial charge in [-0.2, -0.15) is 5.10 Å². The molecule has 25 heavy (non-hydrogen) atoms. The highest BCUT2D eigenvalue weighted by Gasteiger charge is 2.25. The van der Waals surface area contributed by atoms with E-state index in [4.69, 9.17) is 4.74 Å². The van der Waals surface area contributed by atoms with E-state index in [-0.39, 0.29) is 5.56 Å². The molecule has 132 valence electrons. The van der Waals surface area contributed by atoms with Gasteiger partial charge in [0.15, 0.2) is 6.61 Å². The van der Waals surface area contributed by atoms with Crippen molar-refractivity contribution in [2.75, 3.05) is 18.2 Å². The van der Waals surface area contributed by atoms with Crippen molar-refractivity contribution in [1.29, 1.82) is 0 Å². The maximum Gasteiger partial charge on any atom is 0.380 e. The maximum absolute atomic E-state index is 12.2. The van der Waals surface area contributed by atoms with Gasteiger partial charge in [0.1, 0.15) is 0 Å². The number of esters is 1. The molecule has 0 saturated carbocycles. The molecule has 0 aliphatic rings. The Balaban J connectivity index is 1.92. The molecular formula is C17H19N3O4S. The van der Waals surface area contributed by atoms with Crippen LogP contribution in [0.4, 0.5) is 5.69 Å². The number of nitrogens with zero attached hydrogens (tertiary/aromatic N) is 2. The number of aryl methyl sites for hydroxylation is 2. The van der Waals surface area contributed by atoms with Crippen LogP contribution in [0.1, 0.15) is 21.7 Å². The van der Waals surface area contributed by atoms with E-state index in [9.17, 15) is 14.4 Å². The van der Waals surface area contributed by atoms with E-state index in [1.807, 2.05) is 18.4 Å². The second-order valence-electron chi connectivity index (χ2n) is 5.35. The third-order valence-corrected chi connectivity index (χ3v) is 4.37. The highest BCUT2D eigenvalue weighted by Crippen LogP contribution is 2.17. The zero-order chi connectivity index (χ0) is 18.6. The number of benzene rings is 1. The number of hydrogen-bond acceptors (Lipinski definition) is 6. The van der Waals surface area contributed by atoms with Gasteiger partial charge < -0.3 is 10.1 Å². The molecule has 0 bridgehead atoms. The zero-order valence-corrected chi connectivity index (χ0v) is 15.3. The van der Waals surface area contributed by atoms with Crippen molar-refractivity contribution in [2.45, 2.75) is 18.7 Å². The summed E-state index contributed by atoms with van der Waals surface area (Å²) in [6.45, 7) is 2.79. The van der Waals surface area contributed by atoms with Gasteiger partial charge in [0.25, 0.3) is 11.7 Å². The molecule has 1 aromatic heterocycles. The van der Waals surface area contributed by atoms with Crippen LogP contribution in [0.15, 0.2) is 29.2 Å². The summed E-state index contributed by atoms with van der Waals surface area (Å²) in [5.74, 6) is -2.40. The van der Waals surface area contributed by atoms with Gasteiger partial charge >= 0.3 is 5.97 Å². The zero-order valence-electron chi connectivity index (χ0n) is 14.5. The Morgan fingerprint density at radius 2 is 1.84 bits per heavy atom. The van der Waals surface area contributed by atoms with E-state index in [0.29, 0.717) is 17.1 Å². The van der Waals surface area contributed by atoms with Crippen LogP contribution in [0.5, 0.6) is 0 Å². The second kappa shape index (κ2) is 7.98. The number of nitrogens with one attached hydrogen (secondary N) is 1. The van der Waals surface area contributed by atoms with Crippen molar-refractivity contribution >= 4 is 35.1 Å². The standard InChI is InChI=1S/C17H19N3O4S/c1-10-15(11(2)20(3)19-10)16(22)17(23)24-9-14(21)18-12-5-7-13(25-4)8-6-12/h5-8H,9H2,1-4H3,(H,18,21). The fourth-order valence-electron chi connectivity index (χ4n) is 2.27. The van der Waals surface area contributed by atoms with Gasteiger partial charge in [-0.25, -0.2) is 4.79 Å². The Hall–Kier alpha value is -2.61. The third-order valence-electron chi connectivity index (χ3n) is 3.63. The normalized spacial score (nSPS) is 10.4. The Kier molecular flexibility index (Phi) is 5.97. The van der Waals surface area contributed by atoms with Crippen molar-refractivity contribution in [3.63, 3.8) is 0 Å². The highest BCUT2D eigenvalue weighted by molar-refractivity contribution is 7.98. The summed E-state index contributed by atoms with van der Waals surface area (Å²) < 4.78 is 6.33. The van der Waals surface area contributed by atoms with Crippen LogP contribution >= 0.6 is 11.8 Å². The molecule has 0 radical (unpaired) electrons. The molecule has 2 rings (SSSR count). The molecule has 0 saturated heterocycles. The molecule has 0 fully saturated rings. The average molecular weight is 361 g/mol. The Labute approximate surface area is 149 Å². The SMILES string of the molecule is CSc1ccc(NC(=O)COC(=O)C(=O)c2c(C)nn(C)c2C)cc1. The lowest BCUT2D eigenvalue weighted by atomic mass is 10.1. The summed E-state index contributed by atoms with van der Waals surface area (Å²) in [6.07, 6.45) is 1.95. The summed E-state index contributed by atoms with van der Waals surface area (Å²) in [7, 11) is 1.68. The quantitative estimate of drug-likeness (QED) is 0.367. The van der Waals surface area contributed by atoms with Crippen LogP contribution < -0.4 is 5.32 Å². The lowest BCUT2D eigenvalue weighted by molar-refractivity contribution is -0.142. The molecule has 0 aliphatic carbocycles. The largest absolute Gasteiger partial charge is 0.450 e. The number of carbonyl (C=O) groups is 3. The van der Waals surface area contributed by atoms with Gasteiger partial charge in [0, 0.05) is 23.3 Å². The topological polar surface area (TPSA) is 90.3 Å². The van der Waals surface area contributed by atoms with Crippen LogP contribution in [-0.4, -0.2) is 40.3 Å². The van der Waals surface area contributed by atoms with Crippen molar-refractivity contribution in [3.8, 4) is 0 Å². The maximum atomic E-state index is 12.2. The summed E-state index contributed by atoms with van der Waals surface area (Å²) in [6, 6.07) is 7.23. The van der Waals surface area contributed by atoms with Crippen molar-refractivity contribution in [3.05, 3.63) is 41.2 Å². The van der Waals surface area contributed by atoms with E-state index in [1.54, 1.807) is 44.8 Å². The first-order valence-corrected chi connectivity index (χ1v) is 8.71. The van der Waals surface area contributed by atoms with Gasteiger partial charge in [-0.15, -0.1) is 11.8 Å². The smallest absolute Gasteiger partial charge is 0.380 e. The first-order valence-electron chi connectivity index (χ1n) is 7.49. The summed E-state index contributed by atoms with van der Waals surface area (Å²) >= 11 is 1.59. The minimum atomic E-state index is -1.08. The first-order chi connectivity index (χ1) is 11.8. The number of aromatic nitrogens is 2. The fourth-order valence-corrected chi connectivity index (χ4v) is 2.68. The molecule has 7 nitrogen and oxygen atoms in total. The number of anilines is 1. The minimum absolute atomic E-state index is 0.209. The van der Waals surface area contributed by atoms with Crippen molar-refractivity contribution < 1.29 is 19.1 Å². The second-order valence-corrected chi connectivity index (χ2v) is 6.23. The predicted octanol–water partition coefficient (Wildman–Crippen LogP) is 2.12. The van der Waals surface area contributed by atoms with Crippen molar-refractivity contribution in [2.24, 2.45) is 7.05 Å². The van der Waals surface area contributed by atoms with Crippen LogP contribution in [0.25, 0.3) is 0 Å². The molecular weight excluding hydrogens is 342 g/mol. The number of amides is 1. The van der Waals surface area contributed by atoms with Crippen LogP contribution in [0.3, 0.4) is 0 Å². The summed E-state index contributed by atoms with van der Waals surface area (Å²) in [4.78, 5) is 37.0. The van der Waals surface area contributed by atoms with Crippen LogP contribution in [0, 0.1) is 13.8 Å². The van der Waals surface area contributed by atoms with Crippen molar-refractivity contribution in [1.82, 2.24) is 9.78 Å². The van der Waals surface area contributed by atoms with Gasteiger partial charge in [-0.3, -0.25) is 14.3 Å². The van der Waals surface area contributed by atoms with E-state index in [0.717, 1.165) is 4.90 Å². The van der Waals surface area contributed by atoms with E-state index in [2.05, 4.69) is 10.4 Å². The minimum Gasteiger partial charge on any atom is -0.450 e. The fraction of sp³-hybridized carbons (Fsp3) is 0.294. The lowest BCUT2D eigenvalue weighted by Crippen LogP contribution is -2.25. The van der Waals surface area contributed by atoms with E-state index >= 15 is 0 Å². The number of Topliss-reactive ketones (excluding diaryl/α,β-unsaturated/α-hetero) is 1. The number of thioether (sulfide) groups is 1. The highest BCUT2D eigenvalue weighted by atomic mass is 32.2. The summed E-state index contributed by atoms with van der Waals surface area (Å²) in [5.41, 5.74) is 1.81. The van der Waals surface area contributed by atoms with Gasteiger partial charge in [-0.05, 0) is 44.4 Å². The van der Waals surface area contributed by atoms with E-state index in [1.165, 1.54) is 4.68 Å². The Morgan fingerprint density at radius 3 is 2.36 bits per heavy atom. The van der Waals surface area contributed by atoms with E-state index < -0.39 is 24.3 Å². The molecule has 0 spiro atoms. The molecule has 1 aromatic carbocycles. The number of ether oxygens (including phenoxy) is 1. The molecule has 1 N–H and O–H groups in total. The van der Waals surface area contributed by atoms with Gasteiger partial charge in [0.2, 0.25) is 0 Å². The molecule has 0 aliphatic heterocycles. The first kappa shape index (κ1) is 18.7.